The van der Waals surface area contributed by atoms with Crippen LogP contribution in [0.3, 0.4) is 0 Å². The summed E-state index contributed by atoms with van der Waals surface area (Å²) in [5.41, 5.74) is 1.40. The Kier molecular flexibility index (Phi) is 6.14. The molecule has 25 heavy (non-hydrogen) atoms. The quantitative estimate of drug-likeness (QED) is 0.658. The Balaban J connectivity index is 2.00. The van der Waals surface area contributed by atoms with Crippen molar-refractivity contribution in [2.45, 2.75) is 37.9 Å². The number of sulfone groups is 1. The van der Waals surface area contributed by atoms with Crippen LogP contribution in [0, 0.1) is 5.92 Å². The molecule has 1 aliphatic rings. The summed E-state index contributed by atoms with van der Waals surface area (Å²) in [7, 11) is -1.37. The summed E-state index contributed by atoms with van der Waals surface area (Å²) in [6, 6.07) is 10.7. The lowest BCUT2D eigenvalue weighted by Gasteiger charge is -2.39. The van der Waals surface area contributed by atoms with Crippen LogP contribution in [0.2, 0.25) is 0 Å². The third-order valence-corrected chi connectivity index (χ3v) is 7.47. The highest BCUT2D eigenvalue weighted by atomic mass is 32.2. The van der Waals surface area contributed by atoms with Gasteiger partial charge in [-0.15, -0.1) is 0 Å². The van der Waals surface area contributed by atoms with E-state index in [0.717, 1.165) is 25.5 Å². The highest BCUT2D eigenvalue weighted by molar-refractivity contribution is 7.92. The second-order valence-corrected chi connectivity index (χ2v) is 10.3. The number of likely N-dealkylation sites (tertiary alicyclic amines) is 1. The monoisotopic (exact) mass is 365 g/mol. The van der Waals surface area contributed by atoms with E-state index in [1.807, 2.05) is 0 Å². The molecule has 0 bridgehead atoms. The van der Waals surface area contributed by atoms with Crippen LogP contribution < -0.4 is 5.32 Å². The summed E-state index contributed by atoms with van der Waals surface area (Å²) in [4.78, 5) is 6.60. The topological polar surface area (TPSA) is 61.8 Å². The van der Waals surface area contributed by atoms with E-state index in [2.05, 4.69) is 52.5 Å². The number of aliphatic imine (C=N–C) groups is 1. The molecule has 5 nitrogen and oxygen atoms in total. The van der Waals surface area contributed by atoms with Gasteiger partial charge in [-0.3, -0.25) is 4.99 Å². The molecule has 0 aromatic heterocycles. The minimum atomic E-state index is -3.13. The average molecular weight is 366 g/mol. The zero-order chi connectivity index (χ0) is 18.7. The van der Waals surface area contributed by atoms with Crippen LogP contribution in [0.25, 0.3) is 0 Å². The average Bonchev–Trinajstić information content (AvgIpc) is 2.55. The number of guanidine groups is 1. The predicted molar refractivity (Wildman–Crippen MR) is 105 cm³/mol. The van der Waals surface area contributed by atoms with E-state index < -0.39 is 14.6 Å². The van der Waals surface area contributed by atoms with Gasteiger partial charge in [-0.25, -0.2) is 8.42 Å². The summed E-state index contributed by atoms with van der Waals surface area (Å²) in [5, 5.41) is 3.26. The Morgan fingerprint density at radius 2 is 1.96 bits per heavy atom. The fraction of sp³-hybridized carbons (Fsp3) is 0.632. The van der Waals surface area contributed by atoms with E-state index >= 15 is 0 Å². The number of rotatable bonds is 4. The Bertz CT molecular complexity index is 699. The van der Waals surface area contributed by atoms with Crippen LogP contribution in [-0.4, -0.2) is 57.0 Å². The van der Waals surface area contributed by atoms with Gasteiger partial charge in [0, 0.05) is 32.9 Å². The fourth-order valence-electron chi connectivity index (χ4n) is 3.29. The second-order valence-electron chi connectivity index (χ2n) is 7.66. The summed E-state index contributed by atoms with van der Waals surface area (Å²) in [6.07, 6.45) is 2.35. The van der Waals surface area contributed by atoms with Crippen molar-refractivity contribution < 1.29 is 8.42 Å². The molecule has 140 valence electrons. The normalized spacial score (nSPS) is 22.8. The molecule has 0 spiro atoms. The Labute approximate surface area is 152 Å². The maximum absolute atomic E-state index is 11.9. The molecule has 1 saturated heterocycles. The van der Waals surface area contributed by atoms with Crippen molar-refractivity contribution in [3.63, 3.8) is 0 Å². The molecule has 1 heterocycles. The van der Waals surface area contributed by atoms with Gasteiger partial charge in [-0.2, -0.15) is 0 Å². The van der Waals surface area contributed by atoms with Crippen molar-refractivity contribution in [3.05, 3.63) is 35.9 Å². The second kappa shape index (κ2) is 7.77. The van der Waals surface area contributed by atoms with Crippen molar-refractivity contribution in [1.82, 2.24) is 10.2 Å². The van der Waals surface area contributed by atoms with Gasteiger partial charge in [0.15, 0.2) is 15.8 Å². The minimum absolute atomic E-state index is 0.353. The van der Waals surface area contributed by atoms with E-state index in [4.69, 9.17) is 0 Å². The first-order valence-corrected chi connectivity index (χ1v) is 10.7. The van der Waals surface area contributed by atoms with E-state index in [1.165, 1.54) is 11.8 Å². The molecule has 6 heteroatoms. The van der Waals surface area contributed by atoms with Gasteiger partial charge < -0.3 is 10.2 Å². The van der Waals surface area contributed by atoms with Crippen molar-refractivity contribution in [2.75, 3.05) is 32.9 Å². The zero-order valence-corrected chi connectivity index (χ0v) is 16.8. The van der Waals surface area contributed by atoms with Crippen LogP contribution >= 0.6 is 0 Å². The highest BCUT2D eigenvalue weighted by Gasteiger charge is 2.32. The van der Waals surface area contributed by atoms with Crippen LogP contribution in [0.4, 0.5) is 0 Å². The lowest BCUT2D eigenvalue weighted by atomic mass is 9.82. The molecule has 1 aromatic carbocycles. The lowest BCUT2D eigenvalue weighted by Crippen LogP contribution is -2.52. The maximum atomic E-state index is 11.9. The van der Waals surface area contributed by atoms with Gasteiger partial charge in [0.25, 0.3) is 0 Å². The first-order chi connectivity index (χ1) is 11.7. The van der Waals surface area contributed by atoms with Crippen LogP contribution in [0.5, 0.6) is 0 Å². The maximum Gasteiger partial charge on any atom is 0.193 e. The van der Waals surface area contributed by atoms with Gasteiger partial charge in [0.2, 0.25) is 0 Å². The first kappa shape index (κ1) is 19.8. The van der Waals surface area contributed by atoms with E-state index in [-0.39, 0.29) is 0 Å². The van der Waals surface area contributed by atoms with Crippen LogP contribution in [-0.2, 0) is 9.84 Å². The lowest BCUT2D eigenvalue weighted by molar-refractivity contribution is 0.234. The Hall–Kier alpha value is -1.56. The van der Waals surface area contributed by atoms with Crippen molar-refractivity contribution in [1.29, 1.82) is 0 Å². The number of piperidine rings is 1. The fourth-order valence-corrected chi connectivity index (χ4v) is 3.62. The molecule has 0 radical (unpaired) electrons. The molecule has 0 aliphatic carbocycles. The number of nitrogens with zero attached hydrogens (tertiary/aromatic N) is 2. The van der Waals surface area contributed by atoms with E-state index in [0.29, 0.717) is 18.4 Å². The summed E-state index contributed by atoms with van der Waals surface area (Å²) >= 11 is 0. The summed E-state index contributed by atoms with van der Waals surface area (Å²) in [5.74, 6) is 1.86. The standard InChI is InChI=1S/C19H31N3O2S/c1-15-13-22(12-11-17(15)16-9-7-6-8-10-16)18(20-4)21-14-19(2,3)25(5,23)24/h6-10,15,17H,11-14H2,1-5H3,(H,20,21). The molecule has 1 fully saturated rings. The summed E-state index contributed by atoms with van der Waals surface area (Å²) in [6.45, 7) is 7.95. The molecular formula is C19H31N3O2S. The number of hydrogen-bond acceptors (Lipinski definition) is 3. The highest BCUT2D eigenvalue weighted by Crippen LogP contribution is 2.32. The SMILES string of the molecule is CN=C(NCC(C)(C)S(C)(=O)=O)N1CCC(c2ccccc2)C(C)C1. The van der Waals surface area contributed by atoms with Crippen molar-refractivity contribution in [3.8, 4) is 0 Å². The van der Waals surface area contributed by atoms with Crippen LogP contribution in [0.1, 0.15) is 38.7 Å². The van der Waals surface area contributed by atoms with Crippen molar-refractivity contribution >= 4 is 15.8 Å². The zero-order valence-electron chi connectivity index (χ0n) is 16.0. The third kappa shape index (κ3) is 4.75. The van der Waals surface area contributed by atoms with Crippen LogP contribution in [0.15, 0.2) is 35.3 Å². The van der Waals surface area contributed by atoms with E-state index in [9.17, 15) is 8.42 Å². The van der Waals surface area contributed by atoms with Gasteiger partial charge in [-0.05, 0) is 37.7 Å². The molecule has 2 rings (SSSR count). The number of nitrogens with one attached hydrogen (secondary N) is 1. The van der Waals surface area contributed by atoms with Gasteiger partial charge in [-0.1, -0.05) is 37.3 Å². The molecule has 0 amide bonds. The molecule has 0 saturated carbocycles. The Morgan fingerprint density at radius 3 is 2.48 bits per heavy atom. The molecule has 1 aromatic rings. The number of hydrogen-bond donors (Lipinski definition) is 1. The predicted octanol–water partition coefficient (Wildman–Crippen LogP) is 2.51. The molecule has 1 aliphatic heterocycles. The minimum Gasteiger partial charge on any atom is -0.355 e. The summed E-state index contributed by atoms with van der Waals surface area (Å²) < 4.78 is 23.0. The largest absolute Gasteiger partial charge is 0.355 e. The third-order valence-electron chi connectivity index (χ3n) is 5.32. The van der Waals surface area contributed by atoms with Crippen molar-refractivity contribution in [2.24, 2.45) is 10.9 Å². The molecular weight excluding hydrogens is 334 g/mol. The Morgan fingerprint density at radius 1 is 1.32 bits per heavy atom. The van der Waals surface area contributed by atoms with Gasteiger partial charge in [0.1, 0.15) is 0 Å². The van der Waals surface area contributed by atoms with E-state index in [1.54, 1.807) is 20.9 Å². The smallest absolute Gasteiger partial charge is 0.193 e. The van der Waals surface area contributed by atoms with Gasteiger partial charge >= 0.3 is 0 Å². The molecule has 1 N–H and O–H groups in total. The molecule has 2 unspecified atom stereocenters. The first-order valence-electron chi connectivity index (χ1n) is 8.86. The number of benzene rings is 1. The molecule has 2 atom stereocenters. The van der Waals surface area contributed by atoms with Gasteiger partial charge in [0.05, 0.1) is 4.75 Å².